The third kappa shape index (κ3) is 3.06. The Hall–Kier alpha value is -1.50. The van der Waals surface area contributed by atoms with Crippen LogP contribution in [-0.2, 0) is 16.1 Å². The van der Waals surface area contributed by atoms with Gasteiger partial charge >= 0.3 is 0 Å². The second kappa shape index (κ2) is 6.78. The van der Waals surface area contributed by atoms with E-state index in [2.05, 4.69) is 29.0 Å². The van der Waals surface area contributed by atoms with Crippen LogP contribution in [0.2, 0.25) is 0 Å². The molecule has 2 amide bonds. The minimum absolute atomic E-state index is 0.0647. The van der Waals surface area contributed by atoms with Crippen LogP contribution in [0.1, 0.15) is 18.4 Å². The number of hydrogen-bond acceptors (Lipinski definition) is 3. The van der Waals surface area contributed by atoms with Gasteiger partial charge in [0.2, 0.25) is 11.8 Å². The lowest BCUT2D eigenvalue weighted by atomic mass is 9.85. The fraction of sp³-hybridized carbons (Fsp3) is 0.556. The van der Waals surface area contributed by atoms with Crippen molar-refractivity contribution in [2.75, 3.05) is 32.8 Å². The Morgan fingerprint density at radius 2 is 1.62 bits per heavy atom. The monoisotopic (exact) mass is 347 g/mol. The summed E-state index contributed by atoms with van der Waals surface area (Å²) in [6, 6.07) is 2.20. The zero-order chi connectivity index (χ0) is 16.5. The molecule has 128 valence electrons. The number of imide groups is 1. The number of likely N-dealkylation sites (tertiary alicyclic amines) is 1. The molecular formula is C18H25N3O2S+2. The fourth-order valence-electron chi connectivity index (χ4n) is 4.22. The summed E-state index contributed by atoms with van der Waals surface area (Å²) in [5, 5.41) is 4.36. The molecule has 0 radical (unpaired) electrons. The third-order valence-electron chi connectivity index (χ3n) is 5.68. The number of piperazine rings is 1. The molecule has 1 aromatic rings. The summed E-state index contributed by atoms with van der Waals surface area (Å²) in [6.07, 6.45) is 5.57. The van der Waals surface area contributed by atoms with E-state index in [0.29, 0.717) is 6.67 Å². The minimum atomic E-state index is -0.0904. The second-order valence-corrected chi connectivity index (χ2v) is 8.01. The molecule has 24 heavy (non-hydrogen) atoms. The molecule has 2 N–H and O–H groups in total. The van der Waals surface area contributed by atoms with Crippen LogP contribution < -0.4 is 9.80 Å². The van der Waals surface area contributed by atoms with E-state index in [1.807, 2.05) is 0 Å². The van der Waals surface area contributed by atoms with Gasteiger partial charge in [0.15, 0.2) is 6.67 Å². The van der Waals surface area contributed by atoms with Gasteiger partial charge in [0.1, 0.15) is 32.7 Å². The van der Waals surface area contributed by atoms with E-state index in [9.17, 15) is 9.59 Å². The predicted octanol–water partition coefficient (Wildman–Crippen LogP) is -1.06. The molecule has 1 aromatic heterocycles. The van der Waals surface area contributed by atoms with Gasteiger partial charge in [0.05, 0.1) is 11.8 Å². The Morgan fingerprint density at radius 3 is 2.21 bits per heavy atom. The van der Waals surface area contributed by atoms with Crippen molar-refractivity contribution in [2.45, 2.75) is 19.4 Å². The van der Waals surface area contributed by atoms with Gasteiger partial charge in [0, 0.05) is 5.56 Å². The van der Waals surface area contributed by atoms with Crippen LogP contribution in [0.15, 0.2) is 29.0 Å². The summed E-state index contributed by atoms with van der Waals surface area (Å²) >= 11 is 1.75. The lowest BCUT2D eigenvalue weighted by Gasteiger charge is -2.31. The molecule has 5 nitrogen and oxygen atoms in total. The molecule has 0 saturated carbocycles. The minimum Gasteiger partial charge on any atom is -0.322 e. The number of quaternary nitrogens is 2. The number of carbonyl (C=O) groups is 2. The highest BCUT2D eigenvalue weighted by molar-refractivity contribution is 7.07. The van der Waals surface area contributed by atoms with E-state index < -0.39 is 0 Å². The molecular weight excluding hydrogens is 322 g/mol. The lowest BCUT2D eigenvalue weighted by Crippen LogP contribution is -3.28. The maximum atomic E-state index is 12.6. The Labute approximate surface area is 146 Å². The highest BCUT2D eigenvalue weighted by atomic mass is 32.1. The third-order valence-corrected chi connectivity index (χ3v) is 6.41. The van der Waals surface area contributed by atoms with Crippen LogP contribution in [0, 0.1) is 11.8 Å². The van der Waals surface area contributed by atoms with Crippen LogP contribution in [0.5, 0.6) is 0 Å². The van der Waals surface area contributed by atoms with Gasteiger partial charge < -0.3 is 9.80 Å². The Kier molecular flexibility index (Phi) is 4.52. The van der Waals surface area contributed by atoms with Crippen LogP contribution in [0.4, 0.5) is 0 Å². The van der Waals surface area contributed by atoms with E-state index in [4.69, 9.17) is 0 Å². The summed E-state index contributed by atoms with van der Waals surface area (Å²) in [6.45, 7) is 5.93. The normalized spacial score (nSPS) is 33.1. The van der Waals surface area contributed by atoms with Crippen molar-refractivity contribution in [1.29, 1.82) is 0 Å². The van der Waals surface area contributed by atoms with Crippen molar-refractivity contribution >= 4 is 23.2 Å². The molecule has 0 spiro atoms. The number of nitrogens with one attached hydrogen (secondary N) is 2. The molecule has 2 aliphatic heterocycles. The number of fused-ring (bicyclic) bond motifs is 1. The molecule has 0 bridgehead atoms. The number of amides is 2. The number of nitrogens with zero attached hydrogens (tertiary/aromatic N) is 1. The zero-order valence-corrected chi connectivity index (χ0v) is 14.7. The Balaban J connectivity index is 1.31. The molecule has 1 aliphatic carbocycles. The van der Waals surface area contributed by atoms with E-state index >= 15 is 0 Å². The van der Waals surface area contributed by atoms with E-state index in [1.165, 1.54) is 10.5 Å². The van der Waals surface area contributed by atoms with Gasteiger partial charge in [0.25, 0.3) is 0 Å². The molecule has 0 unspecified atom stereocenters. The van der Waals surface area contributed by atoms with E-state index in [-0.39, 0.29) is 23.7 Å². The van der Waals surface area contributed by atoms with Crippen LogP contribution in [0.3, 0.4) is 0 Å². The van der Waals surface area contributed by atoms with Crippen molar-refractivity contribution in [2.24, 2.45) is 11.8 Å². The summed E-state index contributed by atoms with van der Waals surface area (Å²) < 4.78 is 0. The standard InChI is InChI=1S/C18H23N3O2S/c22-17-15-3-1-2-4-16(15)18(23)21(17)13-20-8-6-19(7-9-20)11-14-5-10-24-12-14/h1-2,5,10,12,15-16H,3-4,6-9,11,13H2/p+2/t15-,16-/m0/s1. The molecule has 2 fully saturated rings. The number of allylic oxidation sites excluding steroid dienone is 2. The molecule has 3 heterocycles. The summed E-state index contributed by atoms with van der Waals surface area (Å²) in [7, 11) is 0. The maximum absolute atomic E-state index is 12.6. The summed E-state index contributed by atoms with van der Waals surface area (Å²) in [5.74, 6) is -0.0513. The van der Waals surface area contributed by atoms with Gasteiger partial charge in [-0.3, -0.25) is 9.59 Å². The topological polar surface area (TPSA) is 46.3 Å². The fourth-order valence-corrected chi connectivity index (χ4v) is 4.89. The van der Waals surface area contributed by atoms with Gasteiger partial charge in [-0.1, -0.05) is 12.2 Å². The largest absolute Gasteiger partial charge is 0.322 e. The van der Waals surface area contributed by atoms with Crippen LogP contribution in [0.25, 0.3) is 0 Å². The first-order valence-electron chi connectivity index (χ1n) is 8.91. The molecule has 2 atom stereocenters. The van der Waals surface area contributed by atoms with Crippen molar-refractivity contribution in [3.8, 4) is 0 Å². The first kappa shape index (κ1) is 16.0. The number of carbonyl (C=O) groups excluding carboxylic acids is 2. The highest BCUT2D eigenvalue weighted by Gasteiger charge is 2.48. The van der Waals surface area contributed by atoms with Crippen LogP contribution >= 0.6 is 11.3 Å². The average molecular weight is 347 g/mol. The maximum Gasteiger partial charge on any atom is 0.237 e. The highest BCUT2D eigenvalue weighted by Crippen LogP contribution is 2.34. The molecule has 3 aliphatic rings. The Morgan fingerprint density at radius 1 is 1.00 bits per heavy atom. The van der Waals surface area contributed by atoms with Crippen molar-refractivity contribution < 1.29 is 19.4 Å². The summed E-state index contributed by atoms with van der Waals surface area (Å²) in [5.41, 5.74) is 1.42. The average Bonchev–Trinajstić information content (AvgIpc) is 3.20. The van der Waals surface area contributed by atoms with Crippen molar-refractivity contribution in [3.05, 3.63) is 34.5 Å². The van der Waals surface area contributed by atoms with Gasteiger partial charge in [-0.25, -0.2) is 4.90 Å². The molecule has 6 heteroatoms. The van der Waals surface area contributed by atoms with Gasteiger partial charge in [-0.2, -0.15) is 11.3 Å². The molecule has 4 rings (SSSR count). The first-order chi connectivity index (χ1) is 11.7. The zero-order valence-electron chi connectivity index (χ0n) is 13.9. The van der Waals surface area contributed by atoms with Crippen molar-refractivity contribution in [3.63, 3.8) is 0 Å². The Bertz CT molecular complexity index is 609. The van der Waals surface area contributed by atoms with Gasteiger partial charge in [-0.15, -0.1) is 0 Å². The smallest absolute Gasteiger partial charge is 0.237 e. The summed E-state index contributed by atoms with van der Waals surface area (Å²) in [4.78, 5) is 29.6. The van der Waals surface area contributed by atoms with Crippen molar-refractivity contribution in [1.82, 2.24) is 4.90 Å². The molecule has 0 aromatic carbocycles. The lowest BCUT2D eigenvalue weighted by molar-refractivity contribution is -1.02. The van der Waals surface area contributed by atoms with E-state index in [0.717, 1.165) is 45.6 Å². The number of rotatable bonds is 4. The first-order valence-corrected chi connectivity index (χ1v) is 9.85. The van der Waals surface area contributed by atoms with Gasteiger partial charge in [-0.05, 0) is 29.7 Å². The number of hydrogen-bond donors (Lipinski definition) is 2. The predicted molar refractivity (Wildman–Crippen MR) is 91.5 cm³/mol. The molecule has 2 saturated heterocycles. The quantitative estimate of drug-likeness (QED) is 0.539. The number of thiophene rings is 1. The van der Waals surface area contributed by atoms with Crippen LogP contribution in [-0.4, -0.2) is 49.6 Å². The SMILES string of the molecule is O=C1[C@H]2CC=CC[C@@H]2C(=O)N1C[NH+]1CC[NH+](Cc2ccsc2)CC1. The van der Waals surface area contributed by atoms with E-state index in [1.54, 1.807) is 21.1 Å². The second-order valence-electron chi connectivity index (χ2n) is 7.23.